The first kappa shape index (κ1) is 8.04. The predicted molar refractivity (Wildman–Crippen MR) is 49.9 cm³/mol. The van der Waals surface area contributed by atoms with Gasteiger partial charge in [0, 0.05) is 18.9 Å². The highest BCUT2D eigenvalue weighted by Crippen LogP contribution is 2.02. The molecule has 4 nitrogen and oxygen atoms in total. The molecule has 4 heteroatoms. The average molecular weight is 177 g/mol. The quantitative estimate of drug-likeness (QED) is 0.592. The molecule has 0 amide bonds. The third kappa shape index (κ3) is 0.983. The molecule has 2 aromatic rings. The van der Waals surface area contributed by atoms with Crippen molar-refractivity contribution >= 4 is 5.52 Å². The Balaban J connectivity index is 3.05. The number of hydrogen-bond donors (Lipinski definition) is 0. The SMILES string of the molecule is Cc1cn2c(C)ncc2c(=O)n1C. The van der Waals surface area contributed by atoms with Crippen LogP contribution in [0.4, 0.5) is 0 Å². The highest BCUT2D eigenvalue weighted by molar-refractivity contribution is 5.44. The van der Waals surface area contributed by atoms with Gasteiger partial charge in [-0.3, -0.25) is 9.20 Å². The number of fused-ring (bicyclic) bond motifs is 1. The van der Waals surface area contributed by atoms with E-state index in [0.29, 0.717) is 5.52 Å². The molecule has 0 fully saturated rings. The van der Waals surface area contributed by atoms with Crippen molar-refractivity contribution in [1.29, 1.82) is 0 Å². The predicted octanol–water partition coefficient (Wildman–Crippen LogP) is 0.650. The van der Waals surface area contributed by atoms with Gasteiger partial charge in [0.15, 0.2) is 0 Å². The Labute approximate surface area is 75.5 Å². The molecule has 0 aliphatic carbocycles. The van der Waals surface area contributed by atoms with Gasteiger partial charge in [0.1, 0.15) is 11.3 Å². The lowest BCUT2D eigenvalue weighted by atomic mass is 10.4. The summed E-state index contributed by atoms with van der Waals surface area (Å²) < 4.78 is 3.44. The zero-order valence-electron chi connectivity index (χ0n) is 7.90. The average Bonchev–Trinajstić information content (AvgIpc) is 2.45. The minimum absolute atomic E-state index is 0.000556. The van der Waals surface area contributed by atoms with Gasteiger partial charge in [0.25, 0.3) is 5.56 Å². The van der Waals surface area contributed by atoms with Gasteiger partial charge in [-0.2, -0.15) is 0 Å². The van der Waals surface area contributed by atoms with Gasteiger partial charge >= 0.3 is 0 Å². The van der Waals surface area contributed by atoms with Crippen molar-refractivity contribution in [2.45, 2.75) is 13.8 Å². The first-order valence-corrected chi connectivity index (χ1v) is 4.11. The molecule has 0 aliphatic rings. The summed E-state index contributed by atoms with van der Waals surface area (Å²) in [6.07, 6.45) is 3.52. The number of hydrogen-bond acceptors (Lipinski definition) is 2. The minimum atomic E-state index is 0.000556. The summed E-state index contributed by atoms with van der Waals surface area (Å²) in [7, 11) is 1.76. The van der Waals surface area contributed by atoms with Crippen molar-refractivity contribution < 1.29 is 0 Å². The molecule has 13 heavy (non-hydrogen) atoms. The van der Waals surface area contributed by atoms with E-state index < -0.39 is 0 Å². The maximum Gasteiger partial charge on any atom is 0.276 e. The van der Waals surface area contributed by atoms with E-state index in [2.05, 4.69) is 4.98 Å². The number of rotatable bonds is 0. The molecule has 0 unspecified atom stereocenters. The standard InChI is InChI=1S/C9H11N3O/c1-6-5-12-7(2)10-4-8(12)9(13)11(6)3/h4-5H,1-3H3. The van der Waals surface area contributed by atoms with Gasteiger partial charge in [-0.1, -0.05) is 0 Å². The smallest absolute Gasteiger partial charge is 0.276 e. The number of aromatic nitrogens is 3. The molecule has 0 saturated carbocycles. The Hall–Kier alpha value is -1.58. The fraction of sp³-hybridized carbons (Fsp3) is 0.333. The molecule has 0 aliphatic heterocycles. The van der Waals surface area contributed by atoms with Crippen LogP contribution in [0.25, 0.3) is 5.52 Å². The largest absolute Gasteiger partial charge is 0.313 e. The second-order valence-electron chi connectivity index (χ2n) is 3.20. The van der Waals surface area contributed by atoms with Gasteiger partial charge < -0.3 is 4.57 Å². The van der Waals surface area contributed by atoms with Crippen molar-refractivity contribution in [3.05, 3.63) is 34.3 Å². The van der Waals surface area contributed by atoms with Crippen molar-refractivity contribution in [3.8, 4) is 0 Å². The number of imidazole rings is 1. The highest BCUT2D eigenvalue weighted by atomic mass is 16.1. The Morgan fingerprint density at radius 2 is 2.08 bits per heavy atom. The van der Waals surface area contributed by atoms with E-state index in [1.807, 2.05) is 24.4 Å². The summed E-state index contributed by atoms with van der Waals surface area (Å²) in [6.45, 7) is 3.78. The maximum atomic E-state index is 11.7. The van der Waals surface area contributed by atoms with Crippen LogP contribution in [0.3, 0.4) is 0 Å². The van der Waals surface area contributed by atoms with Crippen LogP contribution in [0, 0.1) is 13.8 Å². The second kappa shape index (κ2) is 2.45. The van der Waals surface area contributed by atoms with Gasteiger partial charge in [-0.15, -0.1) is 0 Å². The lowest BCUT2D eigenvalue weighted by molar-refractivity contribution is 0.799. The van der Waals surface area contributed by atoms with E-state index in [0.717, 1.165) is 11.5 Å². The van der Waals surface area contributed by atoms with E-state index in [1.54, 1.807) is 17.8 Å². The number of nitrogens with zero attached hydrogens (tertiary/aromatic N) is 3. The van der Waals surface area contributed by atoms with Crippen LogP contribution in [0.15, 0.2) is 17.2 Å². The van der Waals surface area contributed by atoms with Gasteiger partial charge in [0.05, 0.1) is 6.20 Å². The third-order valence-electron chi connectivity index (χ3n) is 2.35. The first-order valence-electron chi connectivity index (χ1n) is 4.11. The maximum absolute atomic E-state index is 11.7. The molecule has 0 atom stereocenters. The van der Waals surface area contributed by atoms with Gasteiger partial charge in [0.2, 0.25) is 0 Å². The number of aryl methyl sites for hydroxylation is 2. The fourth-order valence-corrected chi connectivity index (χ4v) is 1.38. The van der Waals surface area contributed by atoms with E-state index in [4.69, 9.17) is 0 Å². The van der Waals surface area contributed by atoms with E-state index in [1.165, 1.54) is 0 Å². The van der Waals surface area contributed by atoms with E-state index >= 15 is 0 Å². The van der Waals surface area contributed by atoms with Crippen molar-refractivity contribution in [3.63, 3.8) is 0 Å². The van der Waals surface area contributed by atoms with Crippen molar-refractivity contribution in [2.24, 2.45) is 7.05 Å². The van der Waals surface area contributed by atoms with Crippen LogP contribution in [-0.2, 0) is 7.05 Å². The van der Waals surface area contributed by atoms with Crippen molar-refractivity contribution in [1.82, 2.24) is 14.0 Å². The van der Waals surface area contributed by atoms with Crippen LogP contribution in [-0.4, -0.2) is 14.0 Å². The molecule has 2 rings (SSSR count). The lowest BCUT2D eigenvalue weighted by Crippen LogP contribution is -2.20. The molecular formula is C9H11N3O. The van der Waals surface area contributed by atoms with E-state index in [-0.39, 0.29) is 5.56 Å². The Morgan fingerprint density at radius 1 is 1.38 bits per heavy atom. The molecule has 0 aromatic carbocycles. The summed E-state index contributed by atoms with van der Waals surface area (Å²) in [6, 6.07) is 0. The molecule has 0 saturated heterocycles. The molecule has 2 aromatic heterocycles. The van der Waals surface area contributed by atoms with Crippen LogP contribution in [0.5, 0.6) is 0 Å². The normalized spacial score (nSPS) is 11.0. The van der Waals surface area contributed by atoms with E-state index in [9.17, 15) is 4.79 Å². The summed E-state index contributed by atoms with van der Waals surface area (Å²) in [5.41, 5.74) is 1.56. The molecule has 68 valence electrons. The molecule has 0 radical (unpaired) electrons. The molecule has 0 bridgehead atoms. The lowest BCUT2D eigenvalue weighted by Gasteiger charge is -2.04. The Kier molecular flexibility index (Phi) is 1.52. The summed E-state index contributed by atoms with van der Waals surface area (Å²) >= 11 is 0. The Morgan fingerprint density at radius 3 is 2.77 bits per heavy atom. The zero-order chi connectivity index (χ0) is 9.59. The monoisotopic (exact) mass is 177 g/mol. The molecule has 2 heterocycles. The summed E-state index contributed by atoms with van der Waals surface area (Å²) in [4.78, 5) is 15.8. The fourth-order valence-electron chi connectivity index (χ4n) is 1.38. The Bertz CT molecular complexity index is 521. The van der Waals surface area contributed by atoms with Crippen LogP contribution in [0.1, 0.15) is 11.5 Å². The highest BCUT2D eigenvalue weighted by Gasteiger charge is 2.05. The van der Waals surface area contributed by atoms with Crippen molar-refractivity contribution in [2.75, 3.05) is 0 Å². The minimum Gasteiger partial charge on any atom is -0.313 e. The first-order chi connectivity index (χ1) is 6.11. The summed E-state index contributed by atoms with van der Waals surface area (Å²) in [5.74, 6) is 0.843. The van der Waals surface area contributed by atoms with Crippen LogP contribution < -0.4 is 5.56 Å². The van der Waals surface area contributed by atoms with Gasteiger partial charge in [-0.05, 0) is 13.8 Å². The van der Waals surface area contributed by atoms with Crippen LogP contribution >= 0.6 is 0 Å². The van der Waals surface area contributed by atoms with Gasteiger partial charge in [-0.25, -0.2) is 4.98 Å². The zero-order valence-corrected chi connectivity index (χ0v) is 7.90. The molecule has 0 spiro atoms. The van der Waals surface area contributed by atoms with Crippen LogP contribution in [0.2, 0.25) is 0 Å². The second-order valence-corrected chi connectivity index (χ2v) is 3.20. The molecule has 0 N–H and O–H groups in total. The molecular weight excluding hydrogens is 166 g/mol. The third-order valence-corrected chi connectivity index (χ3v) is 2.35. The summed E-state index contributed by atoms with van der Waals surface area (Å²) in [5, 5.41) is 0. The topological polar surface area (TPSA) is 39.3 Å².